The predicted molar refractivity (Wildman–Crippen MR) is 82.4 cm³/mol. The van der Waals surface area contributed by atoms with Crippen molar-refractivity contribution in [3.05, 3.63) is 59.8 Å². The van der Waals surface area contributed by atoms with E-state index < -0.39 is 0 Å². The fourth-order valence-electron chi connectivity index (χ4n) is 2.12. The lowest BCUT2D eigenvalue weighted by molar-refractivity contribution is -0.696. The van der Waals surface area contributed by atoms with Crippen molar-refractivity contribution in [1.82, 2.24) is 4.57 Å². The van der Waals surface area contributed by atoms with Crippen LogP contribution in [-0.2, 0) is 7.05 Å². The van der Waals surface area contributed by atoms with Gasteiger partial charge in [-0.2, -0.15) is 0 Å². The molecule has 1 aromatic carbocycles. The normalized spacial score (nSPS) is 17.6. The number of nitrogens with zero attached hydrogens (tertiary/aromatic N) is 2. The Kier molecular flexibility index (Phi) is 3.98. The summed E-state index contributed by atoms with van der Waals surface area (Å²) in [4.78, 5) is 2.37. The third-order valence-electron chi connectivity index (χ3n) is 3.12. The maximum absolute atomic E-state index is 8.21. The summed E-state index contributed by atoms with van der Waals surface area (Å²) in [6.07, 6.45) is 7.26. The number of aromatic nitrogens is 2. The highest BCUT2D eigenvalue weighted by Gasteiger charge is 2.20. The molecule has 102 valence electrons. The van der Waals surface area contributed by atoms with Crippen molar-refractivity contribution in [3.8, 4) is 0 Å². The lowest BCUT2D eigenvalue weighted by Gasteiger charge is -2.11. The van der Waals surface area contributed by atoms with Gasteiger partial charge < -0.3 is 0 Å². The number of benzene rings is 1. The molecule has 1 aliphatic heterocycles. The first-order valence-corrected chi connectivity index (χ1v) is 8.20. The second-order valence-electron chi connectivity index (χ2n) is 4.62. The van der Waals surface area contributed by atoms with Crippen molar-refractivity contribution in [2.24, 2.45) is 7.05 Å². The molecule has 1 aliphatic rings. The molecule has 1 atom stereocenters. The lowest BCUT2D eigenvalue weighted by atomic mass is 10.4. The molecule has 0 saturated carbocycles. The number of thioether (sulfide) groups is 1. The molecule has 1 unspecified atom stereocenters. The minimum absolute atomic E-state index is 0.310. The molecule has 0 aliphatic carbocycles. The smallest absolute Gasteiger partial charge is 0.237 e. The van der Waals surface area contributed by atoms with Crippen molar-refractivity contribution in [2.75, 3.05) is 0 Å². The molecule has 0 spiro atoms. The number of nitrogens with one attached hydrogen (secondary N) is 1. The van der Waals surface area contributed by atoms with Crippen LogP contribution in [0.1, 0.15) is 11.8 Å². The number of rotatable bonds is 3. The fraction of sp³-hybridized carbons (Fsp3) is 0.200. The lowest BCUT2D eigenvalue weighted by Crippen LogP contribution is -2.51. The molecule has 1 N–H and O–H groups in total. The second kappa shape index (κ2) is 5.89. The summed E-state index contributed by atoms with van der Waals surface area (Å²) in [5, 5.41) is 10.6. The predicted octanol–water partition coefficient (Wildman–Crippen LogP) is 3.09. The molecule has 3 rings (SSSR count). The largest absolute Gasteiger partial charge is 0.391 e. The van der Waals surface area contributed by atoms with Crippen molar-refractivity contribution in [1.29, 1.82) is 5.41 Å². The third kappa shape index (κ3) is 2.83. The molecule has 0 radical (unpaired) electrons. The van der Waals surface area contributed by atoms with E-state index in [9.17, 15) is 0 Å². The van der Waals surface area contributed by atoms with Gasteiger partial charge in [-0.1, -0.05) is 47.8 Å². The summed E-state index contributed by atoms with van der Waals surface area (Å²) in [6.45, 7) is 0. The van der Waals surface area contributed by atoms with Crippen LogP contribution in [0.4, 0.5) is 0 Å². The van der Waals surface area contributed by atoms with Gasteiger partial charge in [-0.05, 0) is 17.5 Å². The molecular weight excluding hydrogens is 286 g/mol. The van der Waals surface area contributed by atoms with E-state index in [-0.39, 0.29) is 0 Å². The zero-order chi connectivity index (χ0) is 13.9. The zero-order valence-electron chi connectivity index (χ0n) is 11.2. The maximum atomic E-state index is 8.21. The van der Waals surface area contributed by atoms with Crippen LogP contribution in [0.3, 0.4) is 0 Å². The molecule has 2 aromatic rings. The van der Waals surface area contributed by atoms with Gasteiger partial charge in [0.1, 0.15) is 5.37 Å². The summed E-state index contributed by atoms with van der Waals surface area (Å²) in [7, 11) is 1.93. The van der Waals surface area contributed by atoms with E-state index >= 15 is 0 Å². The molecule has 1 aromatic heterocycles. The minimum Gasteiger partial charge on any atom is -0.237 e. The molecule has 3 nitrogen and oxygen atoms in total. The van der Waals surface area contributed by atoms with E-state index in [1.54, 1.807) is 23.5 Å². The Balaban J connectivity index is 1.94. The molecule has 0 fully saturated rings. The van der Waals surface area contributed by atoms with E-state index in [1.165, 1.54) is 4.90 Å². The van der Waals surface area contributed by atoms with Gasteiger partial charge in [0.2, 0.25) is 0 Å². The highest BCUT2D eigenvalue weighted by molar-refractivity contribution is 8.02. The molecule has 0 bridgehead atoms. The van der Waals surface area contributed by atoms with Crippen molar-refractivity contribution < 1.29 is 4.57 Å². The van der Waals surface area contributed by atoms with E-state index in [2.05, 4.69) is 34.4 Å². The standard InChI is InChI=1S/C15H16N3S2/c1-17-10-13(20-12-6-3-2-4-7-12)11-18(15(17)16)14-8-5-9-19-14/h2-7,9-11,14,16H,8H2,1H3/q+1. The van der Waals surface area contributed by atoms with Gasteiger partial charge in [-0.3, -0.25) is 0 Å². The first kappa shape index (κ1) is 13.5. The van der Waals surface area contributed by atoms with Gasteiger partial charge in [0.15, 0.2) is 0 Å². The minimum atomic E-state index is 0.310. The molecule has 0 amide bonds. The summed E-state index contributed by atoms with van der Waals surface area (Å²) in [5.74, 6) is 0. The van der Waals surface area contributed by atoms with Crippen LogP contribution in [-0.4, -0.2) is 4.57 Å². The Morgan fingerprint density at radius 2 is 2.10 bits per heavy atom. The van der Waals surface area contributed by atoms with Crippen molar-refractivity contribution >= 4 is 23.5 Å². The fourth-order valence-corrected chi connectivity index (χ4v) is 3.98. The van der Waals surface area contributed by atoms with Crippen LogP contribution in [0.15, 0.2) is 64.0 Å². The molecule has 0 saturated heterocycles. The van der Waals surface area contributed by atoms with E-state index in [1.807, 2.05) is 36.0 Å². The molecule has 20 heavy (non-hydrogen) atoms. The Morgan fingerprint density at radius 3 is 2.80 bits per heavy atom. The second-order valence-corrected chi connectivity index (χ2v) is 6.85. The summed E-state index contributed by atoms with van der Waals surface area (Å²) < 4.78 is 3.93. The average Bonchev–Trinajstić information content (AvgIpc) is 2.98. The van der Waals surface area contributed by atoms with Crippen LogP contribution < -0.4 is 10.2 Å². The first-order chi connectivity index (χ1) is 9.74. The van der Waals surface area contributed by atoms with Crippen molar-refractivity contribution in [2.45, 2.75) is 21.6 Å². The van der Waals surface area contributed by atoms with Crippen molar-refractivity contribution in [3.63, 3.8) is 0 Å². The van der Waals surface area contributed by atoms with Crippen LogP contribution in [0.5, 0.6) is 0 Å². The third-order valence-corrected chi connectivity index (χ3v) is 5.16. The first-order valence-electron chi connectivity index (χ1n) is 6.44. The van der Waals surface area contributed by atoms with Crippen LogP contribution >= 0.6 is 23.5 Å². The Morgan fingerprint density at radius 1 is 1.30 bits per heavy atom. The SMILES string of the molecule is C[n+]1cc(Sc2ccccc2)cn(C2CC=CS2)c1=N. The Hall–Kier alpha value is -1.46. The zero-order valence-corrected chi connectivity index (χ0v) is 12.8. The number of allylic oxidation sites excluding steroid dienone is 1. The summed E-state index contributed by atoms with van der Waals surface area (Å²) in [6, 6.07) is 10.3. The highest BCUT2D eigenvalue weighted by atomic mass is 32.2. The number of aryl methyl sites for hydroxylation is 1. The monoisotopic (exact) mass is 302 g/mol. The van der Waals surface area contributed by atoms with Crippen LogP contribution in [0.25, 0.3) is 0 Å². The van der Waals surface area contributed by atoms with E-state index in [4.69, 9.17) is 5.41 Å². The average molecular weight is 302 g/mol. The van der Waals surface area contributed by atoms with Gasteiger partial charge in [0, 0.05) is 11.3 Å². The van der Waals surface area contributed by atoms with Gasteiger partial charge in [0.05, 0.1) is 24.3 Å². The van der Waals surface area contributed by atoms with E-state index in [0.717, 1.165) is 11.3 Å². The summed E-state index contributed by atoms with van der Waals surface area (Å²) >= 11 is 3.50. The van der Waals surface area contributed by atoms with E-state index in [0.29, 0.717) is 11.0 Å². The highest BCUT2D eigenvalue weighted by Crippen LogP contribution is 2.33. The summed E-state index contributed by atoms with van der Waals surface area (Å²) in [5.41, 5.74) is 0.531. The van der Waals surface area contributed by atoms with Crippen LogP contribution in [0, 0.1) is 5.41 Å². The quantitative estimate of drug-likeness (QED) is 0.884. The molecule has 5 heteroatoms. The van der Waals surface area contributed by atoms with Gasteiger partial charge in [-0.15, -0.1) is 5.41 Å². The molecular formula is C15H16N3S2+. The van der Waals surface area contributed by atoms with Gasteiger partial charge in [0.25, 0.3) is 0 Å². The topological polar surface area (TPSA) is 32.7 Å². The Labute approximate surface area is 126 Å². The molecule has 2 heterocycles. The van der Waals surface area contributed by atoms with Gasteiger partial charge >= 0.3 is 5.62 Å². The van der Waals surface area contributed by atoms with Crippen LogP contribution in [0.2, 0.25) is 0 Å². The number of hydrogen-bond acceptors (Lipinski definition) is 3. The van der Waals surface area contributed by atoms with Gasteiger partial charge in [-0.25, -0.2) is 9.13 Å². The number of hydrogen-bond donors (Lipinski definition) is 1. The Bertz CT molecular complexity index is 684. The maximum Gasteiger partial charge on any atom is 0.391 e.